The SMILES string of the molecule is CCSC1C(=O)c2ccccc2C1=O. The van der Waals surface area contributed by atoms with Gasteiger partial charge >= 0.3 is 0 Å². The first-order valence-electron chi connectivity index (χ1n) is 4.54. The highest BCUT2D eigenvalue weighted by atomic mass is 32.2. The van der Waals surface area contributed by atoms with Crippen molar-refractivity contribution in [3.8, 4) is 0 Å². The molecular formula is C11H10O2S. The average Bonchev–Trinajstić information content (AvgIpc) is 2.45. The summed E-state index contributed by atoms with van der Waals surface area (Å²) in [6.07, 6.45) is 0. The van der Waals surface area contributed by atoms with Crippen LogP contribution in [0.2, 0.25) is 0 Å². The zero-order chi connectivity index (χ0) is 10.1. The van der Waals surface area contributed by atoms with Crippen molar-refractivity contribution in [3.63, 3.8) is 0 Å². The summed E-state index contributed by atoms with van der Waals surface area (Å²) < 4.78 is 0. The summed E-state index contributed by atoms with van der Waals surface area (Å²) in [7, 11) is 0. The van der Waals surface area contributed by atoms with Gasteiger partial charge in [-0.3, -0.25) is 9.59 Å². The van der Waals surface area contributed by atoms with Crippen molar-refractivity contribution >= 4 is 23.3 Å². The fourth-order valence-electron chi connectivity index (χ4n) is 1.63. The zero-order valence-electron chi connectivity index (χ0n) is 7.82. The lowest BCUT2D eigenvalue weighted by Crippen LogP contribution is -2.17. The fraction of sp³-hybridized carbons (Fsp3) is 0.273. The van der Waals surface area contributed by atoms with Crippen molar-refractivity contribution in [3.05, 3.63) is 35.4 Å². The van der Waals surface area contributed by atoms with Gasteiger partial charge in [0.15, 0.2) is 11.6 Å². The van der Waals surface area contributed by atoms with Gasteiger partial charge in [-0.15, -0.1) is 11.8 Å². The molecule has 0 N–H and O–H groups in total. The fourth-order valence-corrected chi connectivity index (χ4v) is 2.52. The molecule has 1 aliphatic carbocycles. The molecule has 1 aromatic carbocycles. The molecule has 0 bridgehead atoms. The van der Waals surface area contributed by atoms with E-state index in [1.807, 2.05) is 6.92 Å². The molecule has 14 heavy (non-hydrogen) atoms. The van der Waals surface area contributed by atoms with Crippen molar-refractivity contribution in [1.29, 1.82) is 0 Å². The van der Waals surface area contributed by atoms with E-state index in [9.17, 15) is 9.59 Å². The number of benzene rings is 1. The number of ketones is 2. The summed E-state index contributed by atoms with van der Waals surface area (Å²) in [6, 6.07) is 7.05. The molecule has 0 fully saturated rings. The Morgan fingerprint density at radius 2 is 1.64 bits per heavy atom. The van der Waals surface area contributed by atoms with E-state index < -0.39 is 5.25 Å². The Morgan fingerprint density at radius 1 is 1.14 bits per heavy atom. The van der Waals surface area contributed by atoms with Gasteiger partial charge in [-0.25, -0.2) is 0 Å². The van der Waals surface area contributed by atoms with E-state index in [4.69, 9.17) is 0 Å². The smallest absolute Gasteiger partial charge is 0.184 e. The van der Waals surface area contributed by atoms with Crippen molar-refractivity contribution < 1.29 is 9.59 Å². The third kappa shape index (κ3) is 1.28. The maximum atomic E-state index is 11.8. The van der Waals surface area contributed by atoms with Crippen LogP contribution in [0.25, 0.3) is 0 Å². The maximum absolute atomic E-state index is 11.8. The molecule has 0 atom stereocenters. The summed E-state index contributed by atoms with van der Waals surface area (Å²) in [4.78, 5) is 23.5. The van der Waals surface area contributed by atoms with Gasteiger partial charge in [-0.2, -0.15) is 0 Å². The highest BCUT2D eigenvalue weighted by Crippen LogP contribution is 2.29. The van der Waals surface area contributed by atoms with Gasteiger partial charge in [0.25, 0.3) is 0 Å². The van der Waals surface area contributed by atoms with Crippen LogP contribution in [0, 0.1) is 0 Å². The number of thioether (sulfide) groups is 1. The highest BCUT2D eigenvalue weighted by molar-refractivity contribution is 8.01. The van der Waals surface area contributed by atoms with Crippen LogP contribution in [0.15, 0.2) is 24.3 Å². The van der Waals surface area contributed by atoms with E-state index in [2.05, 4.69) is 0 Å². The summed E-state index contributed by atoms with van der Waals surface area (Å²) in [5, 5.41) is -0.489. The first kappa shape index (κ1) is 9.46. The Labute approximate surface area is 86.7 Å². The first-order chi connectivity index (χ1) is 6.75. The van der Waals surface area contributed by atoms with Gasteiger partial charge in [-0.05, 0) is 5.75 Å². The number of rotatable bonds is 2. The Balaban J connectivity index is 2.43. The van der Waals surface area contributed by atoms with E-state index in [-0.39, 0.29) is 11.6 Å². The van der Waals surface area contributed by atoms with Crippen molar-refractivity contribution in [2.75, 3.05) is 5.75 Å². The molecule has 2 nitrogen and oxygen atoms in total. The summed E-state index contributed by atoms with van der Waals surface area (Å²) in [5.41, 5.74) is 1.17. The van der Waals surface area contributed by atoms with Gasteiger partial charge in [0.05, 0.1) is 0 Å². The van der Waals surface area contributed by atoms with Crippen LogP contribution in [0.3, 0.4) is 0 Å². The summed E-state index contributed by atoms with van der Waals surface area (Å²) in [6.45, 7) is 1.95. The Morgan fingerprint density at radius 3 is 2.07 bits per heavy atom. The largest absolute Gasteiger partial charge is 0.292 e. The number of carbonyl (C=O) groups excluding carboxylic acids is 2. The maximum Gasteiger partial charge on any atom is 0.184 e. The normalized spacial score (nSPS) is 16.1. The minimum absolute atomic E-state index is 0.0301. The molecule has 0 heterocycles. The molecule has 0 saturated heterocycles. The predicted octanol–water partition coefficient (Wildman–Crippen LogP) is 2.19. The van der Waals surface area contributed by atoms with Crippen LogP contribution in [-0.2, 0) is 0 Å². The second-order valence-corrected chi connectivity index (χ2v) is 4.49. The Bertz CT molecular complexity index is 363. The Kier molecular flexibility index (Phi) is 2.42. The number of fused-ring (bicyclic) bond motifs is 1. The van der Waals surface area contributed by atoms with Crippen LogP contribution in [0.1, 0.15) is 27.6 Å². The molecule has 0 unspecified atom stereocenters. The van der Waals surface area contributed by atoms with Gasteiger partial charge < -0.3 is 0 Å². The number of carbonyl (C=O) groups is 2. The molecule has 1 aromatic rings. The van der Waals surface area contributed by atoms with Gasteiger partial charge in [0, 0.05) is 11.1 Å². The second-order valence-electron chi connectivity index (χ2n) is 3.11. The van der Waals surface area contributed by atoms with E-state index in [1.54, 1.807) is 24.3 Å². The molecule has 0 spiro atoms. The second kappa shape index (κ2) is 3.58. The molecule has 1 aliphatic rings. The van der Waals surface area contributed by atoms with Crippen molar-refractivity contribution in [2.45, 2.75) is 12.2 Å². The van der Waals surface area contributed by atoms with E-state index in [0.29, 0.717) is 11.1 Å². The molecule has 72 valence electrons. The van der Waals surface area contributed by atoms with Gasteiger partial charge in [0.1, 0.15) is 5.25 Å². The molecule has 3 heteroatoms. The van der Waals surface area contributed by atoms with Crippen LogP contribution in [-0.4, -0.2) is 22.6 Å². The topological polar surface area (TPSA) is 34.1 Å². The lowest BCUT2D eigenvalue weighted by atomic mass is 10.1. The molecule has 0 radical (unpaired) electrons. The van der Waals surface area contributed by atoms with Crippen molar-refractivity contribution in [1.82, 2.24) is 0 Å². The minimum atomic E-state index is -0.489. The van der Waals surface area contributed by atoms with Crippen LogP contribution < -0.4 is 0 Å². The van der Waals surface area contributed by atoms with E-state index in [1.165, 1.54) is 11.8 Å². The number of hydrogen-bond donors (Lipinski definition) is 0. The van der Waals surface area contributed by atoms with Gasteiger partial charge in [0.2, 0.25) is 0 Å². The van der Waals surface area contributed by atoms with Crippen LogP contribution in [0.4, 0.5) is 0 Å². The summed E-state index contributed by atoms with van der Waals surface area (Å²) in [5.74, 6) is 0.728. The van der Waals surface area contributed by atoms with Crippen LogP contribution >= 0.6 is 11.8 Å². The van der Waals surface area contributed by atoms with Gasteiger partial charge in [-0.1, -0.05) is 31.2 Å². The molecule has 2 rings (SSSR count). The molecule has 0 aromatic heterocycles. The lowest BCUT2D eigenvalue weighted by Gasteiger charge is -2.02. The standard InChI is InChI=1S/C11H10O2S/c1-2-14-11-9(12)7-5-3-4-6-8(7)10(11)13/h3-6,11H,2H2,1H3. The molecule has 0 amide bonds. The summed E-state index contributed by atoms with van der Waals surface area (Å²) >= 11 is 1.41. The number of Topliss-reactive ketones (excluding diaryl/α,β-unsaturated/α-hetero) is 2. The Hall–Kier alpha value is -1.09. The van der Waals surface area contributed by atoms with Crippen molar-refractivity contribution in [2.24, 2.45) is 0 Å². The molecule has 0 aliphatic heterocycles. The lowest BCUT2D eigenvalue weighted by molar-refractivity contribution is 0.0932. The minimum Gasteiger partial charge on any atom is -0.292 e. The van der Waals surface area contributed by atoms with E-state index in [0.717, 1.165) is 5.75 Å². The zero-order valence-corrected chi connectivity index (χ0v) is 8.64. The molecular weight excluding hydrogens is 196 g/mol. The average molecular weight is 206 g/mol. The number of hydrogen-bond acceptors (Lipinski definition) is 3. The van der Waals surface area contributed by atoms with Crippen LogP contribution in [0.5, 0.6) is 0 Å². The first-order valence-corrected chi connectivity index (χ1v) is 5.59. The third-order valence-corrected chi connectivity index (χ3v) is 3.36. The monoisotopic (exact) mass is 206 g/mol. The molecule has 0 saturated carbocycles. The predicted molar refractivity (Wildman–Crippen MR) is 57.0 cm³/mol. The quantitative estimate of drug-likeness (QED) is 0.695. The third-order valence-electron chi connectivity index (χ3n) is 2.27. The highest BCUT2D eigenvalue weighted by Gasteiger charge is 2.37. The van der Waals surface area contributed by atoms with E-state index >= 15 is 0 Å².